The maximum Gasteiger partial charge on any atom is 0.123 e. The number of halogens is 1. The standard InChI is InChI=1S/C19H26FNO/c1-22-18-6-2-11-19(18)12-4-14-21(15-19)13-3-5-16-7-9-17(20)10-8-16/h3,5,7-10,18H,2,4,6,11-15H2,1H3/b5-3+/t18-,19+/m1/s1. The summed E-state index contributed by atoms with van der Waals surface area (Å²) in [4.78, 5) is 2.54. The van der Waals surface area contributed by atoms with E-state index in [2.05, 4.69) is 17.1 Å². The van der Waals surface area contributed by atoms with Gasteiger partial charge in [-0.1, -0.05) is 30.7 Å². The lowest BCUT2D eigenvalue weighted by Gasteiger charge is -2.43. The van der Waals surface area contributed by atoms with E-state index in [1.807, 2.05) is 19.2 Å². The van der Waals surface area contributed by atoms with E-state index in [1.165, 1.54) is 50.8 Å². The normalized spacial score (nSPS) is 29.6. The van der Waals surface area contributed by atoms with Crippen LogP contribution in [0.5, 0.6) is 0 Å². The minimum Gasteiger partial charge on any atom is -0.381 e. The van der Waals surface area contributed by atoms with Gasteiger partial charge in [0.15, 0.2) is 0 Å². The SMILES string of the molecule is CO[C@@H]1CCC[C@@]12CCCN(C/C=C/c1ccc(F)cc1)C2. The fourth-order valence-corrected chi connectivity index (χ4v) is 4.27. The number of ether oxygens (including phenoxy) is 1. The van der Waals surface area contributed by atoms with E-state index in [1.54, 1.807) is 0 Å². The number of likely N-dealkylation sites (tertiary alicyclic amines) is 1. The summed E-state index contributed by atoms with van der Waals surface area (Å²) in [5, 5.41) is 0. The first-order valence-corrected chi connectivity index (χ1v) is 8.39. The molecule has 3 heteroatoms. The largest absolute Gasteiger partial charge is 0.381 e. The molecule has 1 aliphatic carbocycles. The third-order valence-electron chi connectivity index (χ3n) is 5.34. The smallest absolute Gasteiger partial charge is 0.123 e. The van der Waals surface area contributed by atoms with E-state index in [0.29, 0.717) is 11.5 Å². The van der Waals surface area contributed by atoms with E-state index in [9.17, 15) is 4.39 Å². The first-order chi connectivity index (χ1) is 10.7. The van der Waals surface area contributed by atoms with E-state index in [0.717, 1.165) is 18.7 Å². The van der Waals surface area contributed by atoms with Crippen LogP contribution in [-0.4, -0.2) is 37.7 Å². The van der Waals surface area contributed by atoms with Crippen LogP contribution in [0.1, 0.15) is 37.7 Å². The molecule has 120 valence electrons. The van der Waals surface area contributed by atoms with Crippen molar-refractivity contribution >= 4 is 6.08 Å². The molecular formula is C19H26FNO. The second kappa shape index (κ2) is 6.93. The first-order valence-electron chi connectivity index (χ1n) is 8.39. The van der Waals surface area contributed by atoms with Crippen LogP contribution >= 0.6 is 0 Å². The minimum atomic E-state index is -0.179. The van der Waals surface area contributed by atoms with Gasteiger partial charge in [-0.2, -0.15) is 0 Å². The van der Waals surface area contributed by atoms with E-state index >= 15 is 0 Å². The van der Waals surface area contributed by atoms with Crippen LogP contribution in [-0.2, 0) is 4.74 Å². The van der Waals surface area contributed by atoms with Gasteiger partial charge in [0.1, 0.15) is 5.82 Å². The van der Waals surface area contributed by atoms with Gasteiger partial charge in [-0.05, 0) is 49.9 Å². The van der Waals surface area contributed by atoms with Gasteiger partial charge in [0.05, 0.1) is 6.10 Å². The number of benzene rings is 1. The van der Waals surface area contributed by atoms with Crippen molar-refractivity contribution < 1.29 is 9.13 Å². The number of hydrogen-bond acceptors (Lipinski definition) is 2. The molecule has 0 N–H and O–H groups in total. The Labute approximate surface area is 133 Å². The van der Waals surface area contributed by atoms with Crippen molar-refractivity contribution in [3.8, 4) is 0 Å². The number of nitrogens with zero attached hydrogens (tertiary/aromatic N) is 1. The predicted octanol–water partition coefficient (Wildman–Crippen LogP) is 4.12. The molecule has 0 bridgehead atoms. The molecule has 0 radical (unpaired) electrons. The quantitative estimate of drug-likeness (QED) is 0.829. The van der Waals surface area contributed by atoms with Gasteiger partial charge in [-0.25, -0.2) is 4.39 Å². The Morgan fingerprint density at radius 1 is 1.27 bits per heavy atom. The predicted molar refractivity (Wildman–Crippen MR) is 88.2 cm³/mol. The molecule has 1 saturated carbocycles. The number of hydrogen-bond donors (Lipinski definition) is 0. The number of methoxy groups -OCH3 is 1. The summed E-state index contributed by atoms with van der Waals surface area (Å²) in [5.41, 5.74) is 1.44. The summed E-state index contributed by atoms with van der Waals surface area (Å²) in [6.07, 6.45) is 11.1. The molecule has 1 aromatic rings. The van der Waals surface area contributed by atoms with Gasteiger partial charge >= 0.3 is 0 Å². The highest BCUT2D eigenvalue weighted by atomic mass is 19.1. The van der Waals surface area contributed by atoms with Crippen LogP contribution in [0.2, 0.25) is 0 Å². The summed E-state index contributed by atoms with van der Waals surface area (Å²) in [6.45, 7) is 3.29. The molecule has 0 amide bonds. The van der Waals surface area contributed by atoms with Crippen molar-refractivity contribution in [2.75, 3.05) is 26.7 Å². The molecule has 3 rings (SSSR count). The van der Waals surface area contributed by atoms with Crippen LogP contribution in [0.15, 0.2) is 30.3 Å². The third-order valence-corrected chi connectivity index (χ3v) is 5.34. The third kappa shape index (κ3) is 3.41. The molecule has 2 nitrogen and oxygen atoms in total. The van der Waals surface area contributed by atoms with Crippen molar-refractivity contribution in [3.63, 3.8) is 0 Å². The van der Waals surface area contributed by atoms with Gasteiger partial charge in [-0.15, -0.1) is 0 Å². The first kappa shape index (κ1) is 15.7. The van der Waals surface area contributed by atoms with Crippen LogP contribution in [0, 0.1) is 11.2 Å². The summed E-state index contributed by atoms with van der Waals surface area (Å²) in [6, 6.07) is 6.66. The van der Waals surface area contributed by atoms with Crippen LogP contribution in [0.4, 0.5) is 4.39 Å². The van der Waals surface area contributed by atoms with Gasteiger partial charge < -0.3 is 4.74 Å². The van der Waals surface area contributed by atoms with Crippen LogP contribution in [0.3, 0.4) is 0 Å². The zero-order chi connectivity index (χ0) is 15.4. The average molecular weight is 303 g/mol. The second-order valence-electron chi connectivity index (χ2n) is 6.77. The molecule has 1 spiro atoms. The summed E-state index contributed by atoms with van der Waals surface area (Å²) in [7, 11) is 1.87. The molecule has 2 atom stereocenters. The van der Waals surface area contributed by atoms with Gasteiger partial charge in [-0.3, -0.25) is 4.90 Å². The highest BCUT2D eigenvalue weighted by molar-refractivity contribution is 5.48. The van der Waals surface area contributed by atoms with Crippen LogP contribution in [0.25, 0.3) is 6.08 Å². The Morgan fingerprint density at radius 2 is 2.05 bits per heavy atom. The summed E-state index contributed by atoms with van der Waals surface area (Å²) in [5.74, 6) is -0.179. The molecule has 1 saturated heterocycles. The fraction of sp³-hybridized carbons (Fsp3) is 0.579. The number of piperidine rings is 1. The van der Waals surface area contributed by atoms with Gasteiger partial charge in [0, 0.05) is 25.6 Å². The zero-order valence-electron chi connectivity index (χ0n) is 13.4. The lowest BCUT2D eigenvalue weighted by molar-refractivity contribution is -0.0322. The van der Waals surface area contributed by atoms with Gasteiger partial charge in [0.2, 0.25) is 0 Å². The molecular weight excluding hydrogens is 277 g/mol. The average Bonchev–Trinajstić information content (AvgIpc) is 2.91. The molecule has 0 aromatic heterocycles. The Balaban J connectivity index is 1.57. The molecule has 2 aliphatic rings. The molecule has 1 heterocycles. The minimum absolute atomic E-state index is 0.179. The Kier molecular flexibility index (Phi) is 4.94. The summed E-state index contributed by atoms with van der Waals surface area (Å²) >= 11 is 0. The second-order valence-corrected chi connectivity index (χ2v) is 6.77. The van der Waals surface area contributed by atoms with Crippen LogP contribution < -0.4 is 0 Å². The van der Waals surface area contributed by atoms with Gasteiger partial charge in [0.25, 0.3) is 0 Å². The van der Waals surface area contributed by atoms with Crippen molar-refractivity contribution in [3.05, 3.63) is 41.7 Å². The monoisotopic (exact) mass is 303 g/mol. The maximum atomic E-state index is 12.9. The van der Waals surface area contributed by atoms with Crippen molar-refractivity contribution in [1.29, 1.82) is 0 Å². The van der Waals surface area contributed by atoms with Crippen molar-refractivity contribution in [2.24, 2.45) is 5.41 Å². The number of rotatable bonds is 4. The molecule has 0 unspecified atom stereocenters. The fourth-order valence-electron chi connectivity index (χ4n) is 4.27. The lowest BCUT2D eigenvalue weighted by atomic mass is 9.76. The molecule has 2 fully saturated rings. The molecule has 1 aromatic carbocycles. The molecule has 22 heavy (non-hydrogen) atoms. The highest BCUT2D eigenvalue weighted by Gasteiger charge is 2.45. The maximum absolute atomic E-state index is 12.9. The van der Waals surface area contributed by atoms with E-state index < -0.39 is 0 Å². The Hall–Kier alpha value is -1.19. The zero-order valence-corrected chi connectivity index (χ0v) is 13.4. The lowest BCUT2D eigenvalue weighted by Crippen LogP contribution is -2.47. The Morgan fingerprint density at radius 3 is 2.82 bits per heavy atom. The highest BCUT2D eigenvalue weighted by Crippen LogP contribution is 2.46. The van der Waals surface area contributed by atoms with Crippen molar-refractivity contribution in [1.82, 2.24) is 4.90 Å². The molecule has 1 aliphatic heterocycles. The summed E-state index contributed by atoms with van der Waals surface area (Å²) < 4.78 is 18.7. The van der Waals surface area contributed by atoms with E-state index in [-0.39, 0.29) is 5.82 Å². The topological polar surface area (TPSA) is 12.5 Å². The Bertz CT molecular complexity index is 513. The van der Waals surface area contributed by atoms with E-state index in [4.69, 9.17) is 4.74 Å². The van der Waals surface area contributed by atoms with Crippen molar-refractivity contribution in [2.45, 2.75) is 38.2 Å².